The third-order valence-electron chi connectivity index (χ3n) is 5.08. The molecule has 0 radical (unpaired) electrons. The molecule has 0 N–H and O–H groups in total. The average molecular weight is 413 g/mol. The predicted octanol–water partition coefficient (Wildman–Crippen LogP) is 5.23. The fourth-order valence-corrected chi connectivity index (χ4v) is 4.54. The molecule has 30 heavy (non-hydrogen) atoms. The van der Waals surface area contributed by atoms with Gasteiger partial charge < -0.3 is 4.57 Å². The molecule has 0 saturated heterocycles. The first-order valence-electron chi connectivity index (χ1n) is 9.31. The molecule has 5 aromatic rings. The second kappa shape index (κ2) is 7.20. The van der Waals surface area contributed by atoms with E-state index in [1.807, 2.05) is 53.9 Å². The highest BCUT2D eigenvalue weighted by Gasteiger charge is 2.16. The van der Waals surface area contributed by atoms with E-state index in [4.69, 9.17) is 4.98 Å². The molecule has 146 valence electrons. The molecule has 3 aromatic carbocycles. The molecule has 2 aromatic heterocycles. The average Bonchev–Trinajstić information content (AvgIpc) is 3.20. The topological polar surface area (TPSA) is 78.0 Å². The third kappa shape index (κ3) is 3.05. The van der Waals surface area contributed by atoms with Crippen molar-refractivity contribution >= 4 is 38.1 Å². The molecule has 0 amide bonds. The molecule has 5 rings (SSSR count). The normalized spacial score (nSPS) is 11.2. The summed E-state index contributed by atoms with van der Waals surface area (Å²) in [7, 11) is 0. The van der Waals surface area contributed by atoms with Gasteiger partial charge in [-0.2, -0.15) is 0 Å². The standard InChI is InChI=1S/C23H15N3O3S/c27-23-22(18-14-30-21-8-4-1-5-17(18)21)24-19-6-2-3-7-20(19)25(23)13-15-9-11-16(12-10-15)26(28)29/h1-12,14H,13H2. The van der Waals surface area contributed by atoms with Crippen LogP contribution in [0.25, 0.3) is 32.4 Å². The van der Waals surface area contributed by atoms with Crippen molar-refractivity contribution in [1.82, 2.24) is 9.55 Å². The zero-order valence-electron chi connectivity index (χ0n) is 15.7. The first-order valence-corrected chi connectivity index (χ1v) is 10.2. The van der Waals surface area contributed by atoms with Gasteiger partial charge in [-0.3, -0.25) is 14.9 Å². The molecule has 0 aliphatic carbocycles. The minimum atomic E-state index is -0.433. The smallest absolute Gasteiger partial charge is 0.277 e. The largest absolute Gasteiger partial charge is 0.300 e. The fraction of sp³-hybridized carbons (Fsp3) is 0.0435. The van der Waals surface area contributed by atoms with Gasteiger partial charge in [0, 0.05) is 33.2 Å². The van der Waals surface area contributed by atoms with Gasteiger partial charge in [-0.25, -0.2) is 4.98 Å². The summed E-state index contributed by atoms with van der Waals surface area (Å²) < 4.78 is 2.79. The van der Waals surface area contributed by atoms with Crippen LogP contribution in [0.1, 0.15) is 5.56 Å². The number of aromatic nitrogens is 2. The van der Waals surface area contributed by atoms with E-state index in [1.54, 1.807) is 28.0 Å². The van der Waals surface area contributed by atoms with Crippen molar-refractivity contribution in [2.45, 2.75) is 6.54 Å². The lowest BCUT2D eigenvalue weighted by molar-refractivity contribution is -0.384. The number of para-hydroxylation sites is 2. The summed E-state index contributed by atoms with van der Waals surface area (Å²) in [4.78, 5) is 28.7. The van der Waals surface area contributed by atoms with Crippen molar-refractivity contribution in [1.29, 1.82) is 0 Å². The van der Waals surface area contributed by atoms with Crippen molar-refractivity contribution in [2.75, 3.05) is 0 Å². The van der Waals surface area contributed by atoms with Crippen LogP contribution in [0, 0.1) is 10.1 Å². The molecule has 7 heteroatoms. The van der Waals surface area contributed by atoms with Gasteiger partial charge in [0.25, 0.3) is 11.2 Å². The van der Waals surface area contributed by atoms with Crippen molar-refractivity contribution < 1.29 is 4.92 Å². The molecule has 2 heterocycles. The Morgan fingerprint density at radius 3 is 2.50 bits per heavy atom. The van der Waals surface area contributed by atoms with Crippen molar-refractivity contribution in [3.8, 4) is 11.3 Å². The second-order valence-electron chi connectivity index (χ2n) is 6.91. The van der Waals surface area contributed by atoms with Crippen molar-refractivity contribution in [3.63, 3.8) is 0 Å². The highest BCUT2D eigenvalue weighted by Crippen LogP contribution is 2.32. The molecule has 0 spiro atoms. The van der Waals surface area contributed by atoms with Gasteiger partial charge in [0.15, 0.2) is 0 Å². The summed E-state index contributed by atoms with van der Waals surface area (Å²) in [6.45, 7) is 0.301. The maximum Gasteiger partial charge on any atom is 0.277 e. The Hall–Kier alpha value is -3.84. The van der Waals surface area contributed by atoms with E-state index >= 15 is 0 Å². The molecule has 0 bridgehead atoms. The van der Waals surface area contributed by atoms with E-state index in [9.17, 15) is 14.9 Å². The van der Waals surface area contributed by atoms with Crippen LogP contribution in [0.3, 0.4) is 0 Å². The zero-order chi connectivity index (χ0) is 20.7. The lowest BCUT2D eigenvalue weighted by atomic mass is 10.1. The van der Waals surface area contributed by atoms with E-state index in [0.29, 0.717) is 12.2 Å². The maximum atomic E-state index is 13.5. The summed E-state index contributed by atoms with van der Waals surface area (Å²) in [5.74, 6) is 0. The van der Waals surface area contributed by atoms with Gasteiger partial charge in [0.2, 0.25) is 0 Å². The second-order valence-corrected chi connectivity index (χ2v) is 7.82. The van der Waals surface area contributed by atoms with Crippen LogP contribution in [-0.4, -0.2) is 14.5 Å². The summed E-state index contributed by atoms with van der Waals surface area (Å²) in [5, 5.41) is 13.9. The third-order valence-corrected chi connectivity index (χ3v) is 6.04. The van der Waals surface area contributed by atoms with Crippen molar-refractivity contribution in [2.24, 2.45) is 0 Å². The number of non-ortho nitro benzene ring substituents is 1. The van der Waals surface area contributed by atoms with Gasteiger partial charge >= 0.3 is 0 Å². The number of hydrogen-bond donors (Lipinski definition) is 0. The Balaban J connectivity index is 1.70. The van der Waals surface area contributed by atoms with Gasteiger partial charge in [-0.1, -0.05) is 42.5 Å². The Morgan fingerprint density at radius 1 is 0.967 bits per heavy atom. The van der Waals surface area contributed by atoms with E-state index in [2.05, 4.69) is 0 Å². The van der Waals surface area contributed by atoms with Crippen LogP contribution in [0.4, 0.5) is 5.69 Å². The molecule has 0 fully saturated rings. The van der Waals surface area contributed by atoms with Gasteiger partial charge in [-0.15, -0.1) is 11.3 Å². The number of nitro benzene ring substituents is 1. The van der Waals surface area contributed by atoms with E-state index in [-0.39, 0.29) is 11.2 Å². The zero-order valence-corrected chi connectivity index (χ0v) is 16.5. The summed E-state index contributed by atoms with van der Waals surface area (Å²) >= 11 is 1.59. The molecule has 0 atom stereocenters. The van der Waals surface area contributed by atoms with Crippen LogP contribution in [0.2, 0.25) is 0 Å². The molecule has 6 nitrogen and oxygen atoms in total. The number of benzene rings is 3. The molecule has 0 saturated carbocycles. The number of nitro groups is 1. The number of nitrogens with zero attached hydrogens (tertiary/aromatic N) is 3. The molecule has 0 aliphatic rings. The minimum Gasteiger partial charge on any atom is -0.300 e. The van der Waals surface area contributed by atoms with Crippen LogP contribution < -0.4 is 5.56 Å². The van der Waals surface area contributed by atoms with E-state index in [1.165, 1.54) is 12.1 Å². The summed E-state index contributed by atoms with van der Waals surface area (Å²) in [6, 6.07) is 21.7. The Labute approximate surface area is 174 Å². The molecular weight excluding hydrogens is 398 g/mol. The first kappa shape index (κ1) is 18.2. The Kier molecular flexibility index (Phi) is 4.37. The van der Waals surface area contributed by atoms with E-state index < -0.39 is 4.92 Å². The fourth-order valence-electron chi connectivity index (χ4n) is 3.59. The summed E-state index contributed by atoms with van der Waals surface area (Å²) in [6.07, 6.45) is 0. The molecule has 0 aliphatic heterocycles. The first-order chi connectivity index (χ1) is 14.6. The number of fused-ring (bicyclic) bond motifs is 2. The van der Waals surface area contributed by atoms with Crippen LogP contribution in [0.5, 0.6) is 0 Å². The number of rotatable bonds is 4. The Morgan fingerprint density at radius 2 is 1.70 bits per heavy atom. The Bertz CT molecular complexity index is 1470. The highest BCUT2D eigenvalue weighted by atomic mass is 32.1. The van der Waals surface area contributed by atoms with Crippen LogP contribution >= 0.6 is 11.3 Å². The lowest BCUT2D eigenvalue weighted by Gasteiger charge is -2.12. The summed E-state index contributed by atoms with van der Waals surface area (Å²) in [5.41, 5.74) is 3.33. The molecular formula is C23H15N3O3S. The quantitative estimate of drug-likeness (QED) is 0.298. The monoisotopic (exact) mass is 413 g/mol. The van der Waals surface area contributed by atoms with E-state index in [0.717, 1.165) is 32.2 Å². The SMILES string of the molecule is O=c1c(-c2csc3ccccc23)nc2ccccc2n1Cc1ccc([N+](=O)[O-])cc1. The highest BCUT2D eigenvalue weighted by molar-refractivity contribution is 7.17. The molecule has 0 unspecified atom stereocenters. The predicted molar refractivity (Wildman–Crippen MR) is 119 cm³/mol. The van der Waals surface area contributed by atoms with Crippen LogP contribution in [-0.2, 0) is 6.54 Å². The van der Waals surface area contributed by atoms with Gasteiger partial charge in [0.1, 0.15) is 5.69 Å². The van der Waals surface area contributed by atoms with Gasteiger partial charge in [0.05, 0.1) is 22.5 Å². The van der Waals surface area contributed by atoms with Gasteiger partial charge in [-0.05, 0) is 23.8 Å². The minimum absolute atomic E-state index is 0.0242. The number of hydrogen-bond acceptors (Lipinski definition) is 5. The van der Waals surface area contributed by atoms with Crippen molar-refractivity contribution in [3.05, 3.63) is 104 Å². The number of thiophene rings is 1. The maximum absolute atomic E-state index is 13.5. The van der Waals surface area contributed by atoms with Crippen LogP contribution in [0.15, 0.2) is 83.0 Å². The lowest BCUT2D eigenvalue weighted by Crippen LogP contribution is -2.24.